The molecule has 0 bridgehead atoms. The summed E-state index contributed by atoms with van der Waals surface area (Å²) in [5, 5.41) is -0.950. The number of amides is 2. The van der Waals surface area contributed by atoms with E-state index in [1.807, 2.05) is 30.3 Å². The van der Waals surface area contributed by atoms with Gasteiger partial charge in [0.15, 0.2) is 5.38 Å². The van der Waals surface area contributed by atoms with E-state index in [1.54, 1.807) is 0 Å². The van der Waals surface area contributed by atoms with Crippen LogP contribution in [0.3, 0.4) is 0 Å². The summed E-state index contributed by atoms with van der Waals surface area (Å²) >= 11 is 6.16. The first-order valence-corrected chi connectivity index (χ1v) is 9.60. The number of rotatable bonds is 7. The van der Waals surface area contributed by atoms with E-state index in [0.29, 0.717) is 19.5 Å². The Bertz CT molecular complexity index is 659. The molecule has 2 heterocycles. The number of likely N-dealkylation sites (tertiary alicyclic amines) is 1. The average Bonchev–Trinajstić information content (AvgIpc) is 2.88. The number of benzene rings is 1. The molecule has 1 unspecified atom stereocenters. The van der Waals surface area contributed by atoms with Gasteiger partial charge < -0.3 is 9.64 Å². The number of morpholine rings is 1. The van der Waals surface area contributed by atoms with E-state index >= 15 is 0 Å². The van der Waals surface area contributed by atoms with Gasteiger partial charge in [-0.3, -0.25) is 19.5 Å². The van der Waals surface area contributed by atoms with Crippen molar-refractivity contribution >= 4 is 29.1 Å². The number of hydrogen-bond donors (Lipinski definition) is 1. The molecule has 26 heavy (non-hydrogen) atoms. The Balaban J connectivity index is 1.51. The quantitative estimate of drug-likeness (QED) is 0.411. The molecule has 2 saturated heterocycles. The molecule has 2 fully saturated rings. The Morgan fingerprint density at radius 1 is 1.19 bits per heavy atom. The zero-order valence-electron chi connectivity index (χ0n) is 14.8. The number of imide groups is 1. The third-order valence-electron chi connectivity index (χ3n) is 4.82. The van der Waals surface area contributed by atoms with Crippen LogP contribution in [0.2, 0.25) is 0 Å². The van der Waals surface area contributed by atoms with Gasteiger partial charge >= 0.3 is 0 Å². The first-order valence-electron chi connectivity index (χ1n) is 9.16. The fourth-order valence-corrected chi connectivity index (χ4v) is 3.56. The van der Waals surface area contributed by atoms with Crippen molar-refractivity contribution in [1.82, 2.24) is 4.90 Å². The summed E-state index contributed by atoms with van der Waals surface area (Å²) < 4.78 is 5.34. The number of carbonyl (C=O) groups is 2. The Hall–Kier alpha value is -1.76. The number of nitrogens with one attached hydrogen (secondary N) is 1. The smallest absolute Gasteiger partial charge is 0.276 e. The van der Waals surface area contributed by atoms with E-state index in [2.05, 4.69) is 4.99 Å². The van der Waals surface area contributed by atoms with Gasteiger partial charge in [0.1, 0.15) is 18.8 Å². The highest BCUT2D eigenvalue weighted by Crippen LogP contribution is 2.17. The summed E-state index contributed by atoms with van der Waals surface area (Å²) in [7, 11) is 0. The topological polar surface area (TPSA) is 63.4 Å². The largest absolute Gasteiger partial charge is 0.370 e. The molecular weight excluding hydrogens is 354 g/mol. The van der Waals surface area contributed by atoms with Gasteiger partial charge in [-0.1, -0.05) is 30.3 Å². The lowest BCUT2D eigenvalue weighted by Gasteiger charge is -2.23. The zero-order valence-corrected chi connectivity index (χ0v) is 15.6. The lowest BCUT2D eigenvalue weighted by Crippen LogP contribution is -3.14. The van der Waals surface area contributed by atoms with E-state index in [9.17, 15) is 9.59 Å². The van der Waals surface area contributed by atoms with Gasteiger partial charge in [0, 0.05) is 19.5 Å². The van der Waals surface area contributed by atoms with Crippen LogP contribution < -0.4 is 4.90 Å². The van der Waals surface area contributed by atoms with Crippen molar-refractivity contribution in [2.24, 2.45) is 4.99 Å². The van der Waals surface area contributed by atoms with Gasteiger partial charge in [0.25, 0.3) is 11.8 Å². The zero-order chi connectivity index (χ0) is 18.4. The molecule has 1 aromatic carbocycles. The monoisotopic (exact) mass is 378 g/mol. The van der Waals surface area contributed by atoms with Crippen molar-refractivity contribution in [3.63, 3.8) is 0 Å². The molecular formula is C19H25ClN3O3+. The van der Waals surface area contributed by atoms with Crippen LogP contribution in [-0.4, -0.2) is 73.7 Å². The van der Waals surface area contributed by atoms with E-state index in [4.69, 9.17) is 16.3 Å². The predicted molar refractivity (Wildman–Crippen MR) is 99.8 cm³/mol. The predicted octanol–water partition coefficient (Wildman–Crippen LogP) is -0.0485. The normalized spacial score (nSPS) is 23.2. The van der Waals surface area contributed by atoms with Gasteiger partial charge in [0.05, 0.1) is 19.8 Å². The lowest BCUT2D eigenvalue weighted by molar-refractivity contribution is -0.908. The molecule has 3 rings (SSSR count). The first-order chi connectivity index (χ1) is 12.7. The van der Waals surface area contributed by atoms with Crippen LogP contribution in [0.25, 0.3) is 0 Å². The third-order valence-corrected chi connectivity index (χ3v) is 5.22. The Labute approximate surface area is 158 Å². The standard InChI is InChI=1S/C19H24ClN3O3/c20-16-17(21-8-4-9-22-11-13-26-14-12-22)19(25)23(18(16)24)10-7-15-5-2-1-3-6-15/h1-3,5-6,16H,4,7-14H2/p+1. The van der Waals surface area contributed by atoms with Crippen molar-refractivity contribution in [2.45, 2.75) is 18.2 Å². The lowest BCUT2D eigenvalue weighted by atomic mass is 10.1. The number of aliphatic imine (C=N–C) groups is 1. The molecule has 0 aromatic heterocycles. The molecule has 0 saturated carbocycles. The minimum Gasteiger partial charge on any atom is -0.370 e. The van der Waals surface area contributed by atoms with Crippen LogP contribution in [-0.2, 0) is 20.7 Å². The molecule has 7 heteroatoms. The van der Waals surface area contributed by atoms with Crippen molar-refractivity contribution in [3.8, 4) is 0 Å². The summed E-state index contributed by atoms with van der Waals surface area (Å²) in [6, 6.07) is 9.78. The second-order valence-electron chi connectivity index (χ2n) is 6.63. The molecule has 2 amide bonds. The summed E-state index contributed by atoms with van der Waals surface area (Å²) in [4.78, 5) is 31.9. The maximum Gasteiger partial charge on any atom is 0.276 e. The minimum atomic E-state index is -0.950. The fourth-order valence-electron chi connectivity index (χ4n) is 3.28. The minimum absolute atomic E-state index is 0.196. The van der Waals surface area contributed by atoms with Gasteiger partial charge in [-0.15, -0.1) is 11.6 Å². The second-order valence-corrected chi connectivity index (χ2v) is 7.06. The number of carbonyl (C=O) groups excluding carboxylic acids is 2. The number of alkyl halides is 1. The maximum absolute atomic E-state index is 12.5. The highest BCUT2D eigenvalue weighted by Gasteiger charge is 2.43. The average molecular weight is 379 g/mol. The van der Waals surface area contributed by atoms with Gasteiger partial charge in [-0.05, 0) is 12.0 Å². The Morgan fingerprint density at radius 3 is 2.65 bits per heavy atom. The number of hydrogen-bond acceptors (Lipinski definition) is 4. The third kappa shape index (κ3) is 4.69. The van der Waals surface area contributed by atoms with E-state index < -0.39 is 5.38 Å². The molecule has 0 aliphatic carbocycles. The molecule has 140 valence electrons. The van der Waals surface area contributed by atoms with Crippen molar-refractivity contribution in [3.05, 3.63) is 35.9 Å². The summed E-state index contributed by atoms with van der Waals surface area (Å²) in [5.41, 5.74) is 1.28. The SMILES string of the molecule is O=C1C(=NCCC[NH+]2CCOCC2)C(Cl)C(=O)N1CCc1ccccc1. The maximum atomic E-state index is 12.5. The van der Waals surface area contributed by atoms with Gasteiger partial charge in [-0.25, -0.2) is 0 Å². The second kappa shape index (κ2) is 9.26. The van der Waals surface area contributed by atoms with Crippen LogP contribution in [0.4, 0.5) is 0 Å². The van der Waals surface area contributed by atoms with Gasteiger partial charge in [0.2, 0.25) is 0 Å². The van der Waals surface area contributed by atoms with Crippen molar-refractivity contribution < 1.29 is 19.2 Å². The van der Waals surface area contributed by atoms with Crippen LogP contribution in [0.1, 0.15) is 12.0 Å². The van der Waals surface area contributed by atoms with E-state index in [-0.39, 0.29) is 17.5 Å². The van der Waals surface area contributed by atoms with E-state index in [1.165, 1.54) is 9.80 Å². The summed E-state index contributed by atoms with van der Waals surface area (Å²) in [6.45, 7) is 5.48. The van der Waals surface area contributed by atoms with Crippen LogP contribution in [0, 0.1) is 0 Å². The van der Waals surface area contributed by atoms with Gasteiger partial charge in [-0.2, -0.15) is 0 Å². The molecule has 0 radical (unpaired) electrons. The Kier molecular flexibility index (Phi) is 6.77. The fraction of sp³-hybridized carbons (Fsp3) is 0.526. The number of halogens is 1. The molecule has 1 atom stereocenters. The highest BCUT2D eigenvalue weighted by atomic mass is 35.5. The number of ether oxygens (including phenoxy) is 1. The molecule has 6 nitrogen and oxygen atoms in total. The number of nitrogens with zero attached hydrogens (tertiary/aromatic N) is 2. The number of quaternary nitrogens is 1. The molecule has 2 aliphatic rings. The molecule has 1 N–H and O–H groups in total. The summed E-state index contributed by atoms with van der Waals surface area (Å²) in [5.74, 6) is -0.699. The molecule has 2 aliphatic heterocycles. The summed E-state index contributed by atoms with van der Waals surface area (Å²) in [6.07, 6.45) is 1.49. The Morgan fingerprint density at radius 2 is 1.92 bits per heavy atom. The first kappa shape index (κ1) is 19.0. The molecule has 0 spiro atoms. The van der Waals surface area contributed by atoms with Crippen LogP contribution in [0.5, 0.6) is 0 Å². The molecule has 1 aromatic rings. The van der Waals surface area contributed by atoms with Crippen LogP contribution in [0.15, 0.2) is 35.3 Å². The van der Waals surface area contributed by atoms with Crippen molar-refractivity contribution in [2.75, 3.05) is 45.9 Å². The van der Waals surface area contributed by atoms with Crippen LogP contribution >= 0.6 is 11.6 Å². The van der Waals surface area contributed by atoms with Crippen molar-refractivity contribution in [1.29, 1.82) is 0 Å². The van der Waals surface area contributed by atoms with E-state index in [0.717, 1.165) is 44.8 Å². The highest BCUT2D eigenvalue weighted by molar-refractivity contribution is 6.63.